The number of hydrogen-bond donors (Lipinski definition) is 1. The topological polar surface area (TPSA) is 26.5 Å². The Hall–Kier alpha value is -1.30. The van der Waals surface area contributed by atoms with E-state index in [1.807, 2.05) is 42.1 Å². The summed E-state index contributed by atoms with van der Waals surface area (Å²) >= 11 is 5.35. The number of nitrogens with zero attached hydrogens (tertiary/aromatic N) is 2. The van der Waals surface area contributed by atoms with Crippen LogP contribution in [0.5, 0.6) is 0 Å². The van der Waals surface area contributed by atoms with E-state index < -0.39 is 5.72 Å². The fraction of sp³-hybridized carbons (Fsp3) is 0.316. The Kier molecular flexibility index (Phi) is 4.41. The summed E-state index contributed by atoms with van der Waals surface area (Å²) in [5, 5.41) is 12.8. The summed E-state index contributed by atoms with van der Waals surface area (Å²) in [7, 11) is 0. The first-order valence-corrected chi connectivity index (χ1v) is 9.99. The van der Waals surface area contributed by atoms with E-state index in [1.165, 1.54) is 17.2 Å². The maximum atomic E-state index is 11.6. The lowest BCUT2D eigenvalue weighted by Crippen LogP contribution is -2.45. The van der Waals surface area contributed by atoms with Crippen LogP contribution in [0.4, 0.5) is 0 Å². The average Bonchev–Trinajstić information content (AvgIpc) is 2.90. The number of amidine groups is 1. The predicted octanol–water partition coefficient (Wildman–Crippen LogP) is 3.62. The van der Waals surface area contributed by atoms with Gasteiger partial charge in [-0.05, 0) is 35.9 Å². The Morgan fingerprint density at radius 3 is 2.62 bits per heavy atom. The first-order valence-electron chi connectivity index (χ1n) is 8.21. The zero-order chi connectivity index (χ0) is 16.6. The summed E-state index contributed by atoms with van der Waals surface area (Å²) in [6.07, 6.45) is 1.17. The summed E-state index contributed by atoms with van der Waals surface area (Å²) in [4.78, 5) is 2.18. The second-order valence-electron chi connectivity index (χ2n) is 6.30. The molecule has 0 unspecified atom stereocenters. The van der Waals surface area contributed by atoms with Crippen molar-refractivity contribution in [1.29, 1.82) is 0 Å². The van der Waals surface area contributed by atoms with Crippen molar-refractivity contribution >= 4 is 32.9 Å². The van der Waals surface area contributed by atoms with Crippen LogP contribution in [-0.4, -0.2) is 38.6 Å². The minimum absolute atomic E-state index is 0.629. The number of thioether (sulfide) groups is 1. The van der Waals surface area contributed by atoms with Crippen LogP contribution < -0.4 is 0 Å². The van der Waals surface area contributed by atoms with Crippen molar-refractivity contribution in [2.24, 2.45) is 0 Å². The van der Waals surface area contributed by atoms with Crippen LogP contribution in [-0.2, 0) is 12.3 Å². The summed E-state index contributed by atoms with van der Waals surface area (Å²) in [6, 6.07) is 18.4. The zero-order valence-electron chi connectivity index (χ0n) is 13.4. The highest BCUT2D eigenvalue weighted by Gasteiger charge is 2.53. The second kappa shape index (κ2) is 6.54. The van der Waals surface area contributed by atoms with Gasteiger partial charge in [0.25, 0.3) is 5.72 Å². The molecule has 2 aromatic rings. The maximum Gasteiger partial charge on any atom is 0.311 e. The summed E-state index contributed by atoms with van der Waals surface area (Å²) < 4.78 is 3.36. The van der Waals surface area contributed by atoms with Gasteiger partial charge in [0.2, 0.25) is 0 Å². The van der Waals surface area contributed by atoms with Crippen LogP contribution in [0.3, 0.4) is 0 Å². The molecule has 1 atom stereocenters. The van der Waals surface area contributed by atoms with Gasteiger partial charge in [-0.25, -0.2) is 9.48 Å². The molecule has 0 aliphatic carbocycles. The van der Waals surface area contributed by atoms with Gasteiger partial charge < -0.3 is 5.11 Å². The molecule has 4 rings (SSSR count). The highest BCUT2D eigenvalue weighted by Crippen LogP contribution is 2.37. The zero-order valence-corrected chi connectivity index (χ0v) is 15.8. The number of benzene rings is 2. The molecule has 0 radical (unpaired) electrons. The highest BCUT2D eigenvalue weighted by molar-refractivity contribution is 9.10. The maximum absolute atomic E-state index is 11.6. The lowest BCUT2D eigenvalue weighted by Gasteiger charge is -2.28. The molecule has 124 valence electrons. The van der Waals surface area contributed by atoms with E-state index in [1.54, 1.807) is 0 Å². The van der Waals surface area contributed by atoms with E-state index in [2.05, 4.69) is 49.7 Å². The smallest absolute Gasteiger partial charge is 0.311 e. The van der Waals surface area contributed by atoms with Crippen LogP contribution in [0.1, 0.15) is 17.5 Å². The molecule has 5 heteroatoms. The SMILES string of the molecule is O[C@]1(c2ccc(Br)cc2)C[N+]2=C(SCCC2)N1Cc1ccccc1. The summed E-state index contributed by atoms with van der Waals surface area (Å²) in [6.45, 7) is 2.36. The van der Waals surface area contributed by atoms with Crippen molar-refractivity contribution in [3.05, 3.63) is 70.2 Å². The minimum atomic E-state index is -0.983. The summed E-state index contributed by atoms with van der Waals surface area (Å²) in [5.41, 5.74) is 1.18. The van der Waals surface area contributed by atoms with Gasteiger partial charge in [0.1, 0.15) is 6.54 Å². The molecule has 3 nitrogen and oxygen atoms in total. The highest BCUT2D eigenvalue weighted by atomic mass is 79.9. The van der Waals surface area contributed by atoms with Crippen LogP contribution >= 0.6 is 27.7 Å². The van der Waals surface area contributed by atoms with Gasteiger partial charge in [0.15, 0.2) is 6.54 Å². The van der Waals surface area contributed by atoms with Crippen molar-refractivity contribution in [2.45, 2.75) is 18.7 Å². The molecule has 0 saturated carbocycles. The molecule has 2 aliphatic rings. The Morgan fingerprint density at radius 2 is 1.88 bits per heavy atom. The Labute approximate surface area is 155 Å². The molecule has 2 heterocycles. The normalized spacial score (nSPS) is 23.5. The van der Waals surface area contributed by atoms with Gasteiger partial charge >= 0.3 is 5.17 Å². The molecule has 0 spiro atoms. The van der Waals surface area contributed by atoms with Gasteiger partial charge in [-0.1, -0.05) is 58.4 Å². The molecule has 0 bridgehead atoms. The van der Waals surface area contributed by atoms with Crippen molar-refractivity contribution < 1.29 is 9.68 Å². The molecule has 2 aromatic carbocycles. The lowest BCUT2D eigenvalue weighted by molar-refractivity contribution is -0.532. The fourth-order valence-corrected chi connectivity index (χ4v) is 4.87. The molecule has 0 saturated heterocycles. The van der Waals surface area contributed by atoms with Crippen LogP contribution in [0, 0.1) is 0 Å². The van der Waals surface area contributed by atoms with E-state index in [4.69, 9.17) is 0 Å². The Morgan fingerprint density at radius 1 is 1.12 bits per heavy atom. The first kappa shape index (κ1) is 16.2. The largest absolute Gasteiger partial charge is 0.346 e. The van der Waals surface area contributed by atoms with Gasteiger partial charge in [0.05, 0.1) is 6.54 Å². The molecule has 24 heavy (non-hydrogen) atoms. The quantitative estimate of drug-likeness (QED) is 0.792. The van der Waals surface area contributed by atoms with Gasteiger partial charge in [-0.15, -0.1) is 0 Å². The molecule has 0 amide bonds. The molecule has 0 fully saturated rings. The fourth-order valence-electron chi connectivity index (χ4n) is 3.44. The molecular weight excluding hydrogens is 384 g/mol. The molecule has 0 aromatic heterocycles. The minimum Gasteiger partial charge on any atom is -0.346 e. The summed E-state index contributed by atoms with van der Waals surface area (Å²) in [5.74, 6) is 1.12. The monoisotopic (exact) mass is 403 g/mol. The van der Waals surface area contributed by atoms with Crippen molar-refractivity contribution in [3.8, 4) is 0 Å². The lowest BCUT2D eigenvalue weighted by atomic mass is 10.0. The van der Waals surface area contributed by atoms with Crippen molar-refractivity contribution in [3.63, 3.8) is 0 Å². The Balaban J connectivity index is 1.73. The second-order valence-corrected chi connectivity index (χ2v) is 8.28. The molecule has 2 aliphatic heterocycles. The van der Waals surface area contributed by atoms with E-state index >= 15 is 0 Å². The number of hydrogen-bond acceptors (Lipinski definition) is 3. The molecule has 1 N–H and O–H groups in total. The van der Waals surface area contributed by atoms with Gasteiger partial charge in [0, 0.05) is 15.8 Å². The van der Waals surface area contributed by atoms with E-state index in [0.717, 1.165) is 22.3 Å². The predicted molar refractivity (Wildman–Crippen MR) is 102 cm³/mol. The third-order valence-electron chi connectivity index (χ3n) is 4.65. The third-order valence-corrected chi connectivity index (χ3v) is 6.41. The number of rotatable bonds is 3. The van der Waals surface area contributed by atoms with Crippen molar-refractivity contribution in [2.75, 3.05) is 18.8 Å². The van der Waals surface area contributed by atoms with Crippen LogP contribution in [0.2, 0.25) is 0 Å². The van der Waals surface area contributed by atoms with E-state index in [-0.39, 0.29) is 0 Å². The van der Waals surface area contributed by atoms with Crippen LogP contribution in [0.15, 0.2) is 59.1 Å². The van der Waals surface area contributed by atoms with Gasteiger partial charge in [-0.3, -0.25) is 0 Å². The van der Waals surface area contributed by atoms with E-state index in [9.17, 15) is 5.11 Å². The van der Waals surface area contributed by atoms with E-state index in [0.29, 0.717) is 13.1 Å². The standard InChI is InChI=1S/C19H20BrN2OS/c20-17-9-7-16(8-10-17)19(23)14-21-11-4-12-24-18(21)22(19)13-15-5-2-1-3-6-15/h1-3,5-10,23H,4,11-14H2/q+1/t19-/m0/s1. The first-order chi connectivity index (χ1) is 11.7. The Bertz CT molecular complexity index is 763. The van der Waals surface area contributed by atoms with Crippen molar-refractivity contribution in [1.82, 2.24) is 4.90 Å². The average molecular weight is 404 g/mol. The van der Waals surface area contributed by atoms with Gasteiger partial charge in [-0.2, -0.15) is 0 Å². The number of aliphatic hydroxyl groups is 1. The number of halogens is 1. The third kappa shape index (κ3) is 2.89. The van der Waals surface area contributed by atoms with Crippen LogP contribution in [0.25, 0.3) is 0 Å². The molecular formula is C19H20BrN2OS+.